The van der Waals surface area contributed by atoms with Crippen molar-refractivity contribution in [1.29, 1.82) is 0 Å². The Bertz CT molecular complexity index is 69.3. The molecule has 0 atom stereocenters. The average Bonchev–Trinajstić information content (AvgIpc) is 1.84. The van der Waals surface area contributed by atoms with Gasteiger partial charge in [0.05, 0.1) is 0 Å². The van der Waals surface area contributed by atoms with Crippen LogP contribution < -0.4 is 5.09 Å². The molecule has 0 aromatic heterocycles. The normalized spacial score (nSPS) is 32.7. The van der Waals surface area contributed by atoms with Gasteiger partial charge in [-0.05, 0) is 0 Å². The zero-order valence-electron chi connectivity index (χ0n) is 4.82. The Morgan fingerprint density at radius 1 is 1.86 bits per heavy atom. The Hall–Kier alpha value is 0.415. The van der Waals surface area contributed by atoms with Gasteiger partial charge in [0.1, 0.15) is 0 Å². The van der Waals surface area contributed by atoms with Gasteiger partial charge >= 0.3 is 44.5 Å². The molecule has 0 aliphatic carbocycles. The van der Waals surface area contributed by atoms with Crippen LogP contribution in [-0.2, 0) is 4.52 Å². The van der Waals surface area contributed by atoms with E-state index in [1.807, 2.05) is 0 Å². The van der Waals surface area contributed by atoms with Gasteiger partial charge in [0.15, 0.2) is 0 Å². The molecule has 0 spiro atoms. The van der Waals surface area contributed by atoms with Crippen molar-refractivity contribution in [3.63, 3.8) is 0 Å². The van der Waals surface area contributed by atoms with Crippen LogP contribution in [-0.4, -0.2) is 27.4 Å². The molecule has 1 N–H and O–H groups in total. The number of hydrogen-bond acceptors (Lipinski definition) is 2. The molecule has 1 saturated heterocycles. The second-order valence-corrected chi connectivity index (χ2v) is 5.95. The Morgan fingerprint density at radius 2 is 2.57 bits per heavy atom. The fourth-order valence-corrected chi connectivity index (χ4v) is 2.13. The van der Waals surface area contributed by atoms with Crippen LogP contribution in [0.25, 0.3) is 0 Å². The van der Waals surface area contributed by atoms with Gasteiger partial charge in [0.25, 0.3) is 0 Å². The Kier molecular flexibility index (Phi) is 1.37. The second-order valence-electron chi connectivity index (χ2n) is 2.29. The molecule has 0 aromatic carbocycles. The van der Waals surface area contributed by atoms with Crippen LogP contribution >= 0.6 is 7.52 Å². The zero-order chi connectivity index (χ0) is 5.33. The van der Waals surface area contributed by atoms with Crippen molar-refractivity contribution in [1.82, 2.24) is 5.09 Å². The molecular formula is C3H11BNOP. The maximum atomic E-state index is 5.37. The summed E-state index contributed by atoms with van der Waals surface area (Å²) in [6.45, 7) is 4.14. The Balaban J connectivity index is 2.40. The first kappa shape index (κ1) is 5.55. The van der Waals surface area contributed by atoms with Gasteiger partial charge in [0, 0.05) is 0 Å². The Labute approximate surface area is 45.5 Å². The van der Waals surface area contributed by atoms with Crippen molar-refractivity contribution in [3.8, 4) is 0 Å². The summed E-state index contributed by atoms with van der Waals surface area (Å²) in [7, 11) is 0.877. The average molecular weight is 119 g/mol. The molecule has 4 heteroatoms. The molecule has 7 heavy (non-hydrogen) atoms. The van der Waals surface area contributed by atoms with E-state index in [9.17, 15) is 0 Å². The third-order valence-electron chi connectivity index (χ3n) is 1.12. The second kappa shape index (κ2) is 1.73. The van der Waals surface area contributed by atoms with E-state index in [1.165, 1.54) is 0 Å². The van der Waals surface area contributed by atoms with E-state index < -0.39 is 7.52 Å². The van der Waals surface area contributed by atoms with Crippen LogP contribution in [0.15, 0.2) is 0 Å². The van der Waals surface area contributed by atoms with Crippen molar-refractivity contribution in [2.75, 3.05) is 19.8 Å². The summed E-state index contributed by atoms with van der Waals surface area (Å²) in [5.41, 5.74) is 0. The molecular weight excluding hydrogens is 108 g/mol. The molecule has 2 nitrogen and oxygen atoms in total. The van der Waals surface area contributed by atoms with E-state index in [1.54, 1.807) is 0 Å². The molecule has 0 amide bonds. The first-order valence-corrected chi connectivity index (χ1v) is 5.50. The number of rotatable bonds is 0. The van der Waals surface area contributed by atoms with E-state index in [-0.39, 0.29) is 0 Å². The van der Waals surface area contributed by atoms with Crippen molar-refractivity contribution in [3.05, 3.63) is 0 Å². The van der Waals surface area contributed by atoms with Gasteiger partial charge in [-0.1, -0.05) is 0 Å². The summed E-state index contributed by atoms with van der Waals surface area (Å²) >= 11 is 0. The summed E-state index contributed by atoms with van der Waals surface area (Å²) in [5, 5.41) is 3.31. The summed E-state index contributed by atoms with van der Waals surface area (Å²) in [5.74, 6) is 0. The van der Waals surface area contributed by atoms with Gasteiger partial charge in [0.2, 0.25) is 0 Å². The van der Waals surface area contributed by atoms with E-state index in [2.05, 4.69) is 19.3 Å². The molecule has 1 rings (SSSR count). The van der Waals surface area contributed by atoms with Gasteiger partial charge in [-0.3, -0.25) is 0 Å². The van der Waals surface area contributed by atoms with Gasteiger partial charge < -0.3 is 0 Å². The molecule has 1 fully saturated rings. The summed E-state index contributed by atoms with van der Waals surface area (Å²) < 4.78 is 5.37. The third kappa shape index (κ3) is 1.41. The monoisotopic (exact) mass is 119 g/mol. The minimum absolute atomic E-state index is 0.916. The summed E-state index contributed by atoms with van der Waals surface area (Å²) in [6.07, 6.45) is 0. The molecule has 0 bridgehead atoms. The predicted octanol–water partition coefficient (Wildman–Crippen LogP) is -0.636. The molecule has 42 valence electrons. The predicted molar refractivity (Wildman–Crippen MR) is 36.7 cm³/mol. The third-order valence-corrected chi connectivity index (χ3v) is 3.14. The van der Waals surface area contributed by atoms with Crippen LogP contribution in [0.5, 0.6) is 0 Å². The molecule has 1 heterocycles. The summed E-state index contributed by atoms with van der Waals surface area (Å²) in [6, 6.07) is 0. The standard InChI is InChI=1S/C3H11BNOP/c1-7(4)5-2-3-6-7/h5,7H,2-4H2,1H3. The number of hydrogen-bond donors (Lipinski definition) is 1. The van der Waals surface area contributed by atoms with Crippen LogP contribution in [0.3, 0.4) is 0 Å². The van der Waals surface area contributed by atoms with E-state index in [0.717, 1.165) is 13.2 Å². The van der Waals surface area contributed by atoms with E-state index in [4.69, 9.17) is 4.52 Å². The fraction of sp³-hybridized carbons (Fsp3) is 1.00. The first-order valence-electron chi connectivity index (χ1n) is 2.60. The van der Waals surface area contributed by atoms with Crippen LogP contribution in [0.1, 0.15) is 0 Å². The van der Waals surface area contributed by atoms with E-state index in [0.29, 0.717) is 0 Å². The molecule has 0 aromatic rings. The van der Waals surface area contributed by atoms with Crippen LogP contribution in [0.4, 0.5) is 0 Å². The van der Waals surface area contributed by atoms with Crippen molar-refractivity contribution in [2.45, 2.75) is 0 Å². The molecule has 1 aliphatic heterocycles. The van der Waals surface area contributed by atoms with Crippen molar-refractivity contribution >= 4 is 15.1 Å². The van der Waals surface area contributed by atoms with Crippen LogP contribution in [0, 0.1) is 0 Å². The molecule has 1 aliphatic rings. The SMILES string of the molecule is B[PH]1(C)NCCO1. The quantitative estimate of drug-likeness (QED) is 0.338. The first-order chi connectivity index (χ1) is 3.21. The van der Waals surface area contributed by atoms with Crippen molar-refractivity contribution < 1.29 is 4.52 Å². The maximum absolute atomic E-state index is 5.37. The number of nitrogens with one attached hydrogen (secondary N) is 1. The van der Waals surface area contributed by atoms with Gasteiger partial charge in [-0.15, -0.1) is 0 Å². The Morgan fingerprint density at radius 3 is 2.71 bits per heavy atom. The zero-order valence-corrected chi connectivity index (χ0v) is 5.82. The fourth-order valence-electron chi connectivity index (χ4n) is 0.709. The van der Waals surface area contributed by atoms with Crippen molar-refractivity contribution in [2.24, 2.45) is 0 Å². The molecule has 0 unspecified atom stereocenters. The summed E-state index contributed by atoms with van der Waals surface area (Å²) in [4.78, 5) is 0. The minimum atomic E-state index is -1.29. The van der Waals surface area contributed by atoms with Gasteiger partial charge in [-0.2, -0.15) is 0 Å². The molecule has 0 radical (unpaired) electrons. The van der Waals surface area contributed by atoms with E-state index >= 15 is 0 Å². The topological polar surface area (TPSA) is 21.3 Å². The van der Waals surface area contributed by atoms with Crippen LogP contribution in [0.2, 0.25) is 0 Å². The molecule has 0 saturated carbocycles. The van der Waals surface area contributed by atoms with Gasteiger partial charge in [-0.25, -0.2) is 0 Å².